The first-order chi connectivity index (χ1) is 9.13. The van der Waals surface area contributed by atoms with Gasteiger partial charge in [0.15, 0.2) is 0 Å². The van der Waals surface area contributed by atoms with Gasteiger partial charge in [-0.1, -0.05) is 38.5 Å². The quantitative estimate of drug-likeness (QED) is 0.697. The zero-order valence-electron chi connectivity index (χ0n) is 12.8. The van der Waals surface area contributed by atoms with E-state index in [9.17, 15) is 0 Å². The van der Waals surface area contributed by atoms with Crippen molar-refractivity contribution in [2.75, 3.05) is 6.61 Å². The second kappa shape index (κ2) is 4.26. The molecule has 2 aliphatic carbocycles. The summed E-state index contributed by atoms with van der Waals surface area (Å²) in [5.74, 6) is 1.26. The van der Waals surface area contributed by atoms with E-state index in [1.54, 1.807) is 0 Å². The van der Waals surface area contributed by atoms with Crippen LogP contribution < -0.4 is 4.74 Å². The Morgan fingerprint density at radius 1 is 0.947 bits per heavy atom. The predicted molar refractivity (Wildman–Crippen MR) is 80.1 cm³/mol. The van der Waals surface area contributed by atoms with Gasteiger partial charge in [0.25, 0.3) is 0 Å². The summed E-state index contributed by atoms with van der Waals surface area (Å²) >= 11 is 0. The molecule has 0 atom stereocenters. The molecule has 1 aromatic rings. The fourth-order valence-corrected chi connectivity index (χ4v) is 3.38. The number of hydrogen-bond acceptors (Lipinski definition) is 1. The van der Waals surface area contributed by atoms with Crippen LogP contribution in [0.3, 0.4) is 0 Å². The molecule has 0 amide bonds. The van der Waals surface area contributed by atoms with E-state index in [1.165, 1.54) is 54.5 Å². The number of fused-ring (bicyclic) bond motifs is 2. The van der Waals surface area contributed by atoms with E-state index in [-0.39, 0.29) is 0 Å². The van der Waals surface area contributed by atoms with Crippen molar-refractivity contribution >= 4 is 0 Å². The normalized spacial score (nSPS) is 23.8. The summed E-state index contributed by atoms with van der Waals surface area (Å²) < 4.78 is 6.05. The van der Waals surface area contributed by atoms with Gasteiger partial charge in [-0.05, 0) is 44.4 Å². The molecule has 0 bridgehead atoms. The molecule has 1 aliphatic heterocycles. The molecule has 0 unspecified atom stereocenters. The lowest BCUT2D eigenvalue weighted by atomic mass is 9.83. The van der Waals surface area contributed by atoms with Crippen LogP contribution in [0.5, 0.6) is 5.75 Å². The summed E-state index contributed by atoms with van der Waals surface area (Å²) in [6, 6.07) is 4.75. The van der Waals surface area contributed by atoms with Crippen molar-refractivity contribution in [2.45, 2.75) is 70.6 Å². The van der Waals surface area contributed by atoms with E-state index in [1.807, 2.05) is 13.8 Å². The third-order valence-electron chi connectivity index (χ3n) is 5.14. The number of aryl methyl sites for hydroxylation is 1. The van der Waals surface area contributed by atoms with Gasteiger partial charge in [-0.15, -0.1) is 0 Å². The van der Waals surface area contributed by atoms with Crippen molar-refractivity contribution in [3.63, 3.8) is 0 Å². The molecule has 1 aromatic carbocycles. The highest BCUT2D eigenvalue weighted by Crippen LogP contribution is 2.60. The first-order valence-electron chi connectivity index (χ1n) is 7.92. The molecule has 3 aliphatic rings. The van der Waals surface area contributed by atoms with Gasteiger partial charge >= 0.3 is 0 Å². The van der Waals surface area contributed by atoms with Crippen LogP contribution in [0.1, 0.15) is 69.6 Å². The van der Waals surface area contributed by atoms with E-state index < -0.39 is 0 Å². The average Bonchev–Trinajstić information content (AvgIpc) is 3.33. The molecule has 1 heterocycles. The molecule has 0 aromatic heterocycles. The van der Waals surface area contributed by atoms with Gasteiger partial charge in [-0.2, -0.15) is 0 Å². The lowest BCUT2D eigenvalue weighted by molar-refractivity contribution is 0.256. The van der Waals surface area contributed by atoms with Crippen LogP contribution in [-0.2, 0) is 10.8 Å². The lowest BCUT2D eigenvalue weighted by Crippen LogP contribution is -2.22. The van der Waals surface area contributed by atoms with Crippen LogP contribution in [0.25, 0.3) is 0 Å². The highest BCUT2D eigenvalue weighted by Gasteiger charge is 2.50. The Labute approximate surface area is 117 Å². The standard InChI is InChI=1S/C16H20O.C2H6/c1-11-9-12(15(2)3-4-15)14-13(10-11)16(5-6-16)7-8-17-14;1-2/h9-10H,3-8H2,1-2H3;1-2H3. The Balaban J connectivity index is 0.000000528. The number of ether oxygens (including phenoxy) is 1. The first kappa shape index (κ1) is 13.0. The fraction of sp³-hybridized carbons (Fsp3) is 0.667. The maximum atomic E-state index is 6.05. The van der Waals surface area contributed by atoms with Crippen molar-refractivity contribution < 1.29 is 4.74 Å². The van der Waals surface area contributed by atoms with Crippen LogP contribution in [0.2, 0.25) is 0 Å². The largest absolute Gasteiger partial charge is 0.493 e. The molecule has 4 rings (SSSR count). The second-order valence-corrected chi connectivity index (χ2v) is 6.63. The number of benzene rings is 1. The van der Waals surface area contributed by atoms with Crippen LogP contribution in [0, 0.1) is 6.92 Å². The van der Waals surface area contributed by atoms with E-state index in [0.29, 0.717) is 10.8 Å². The molecule has 104 valence electrons. The summed E-state index contributed by atoms with van der Waals surface area (Å²) in [6.45, 7) is 9.55. The zero-order chi connectivity index (χ0) is 13.7. The maximum Gasteiger partial charge on any atom is 0.126 e. The SMILES string of the molecule is CC.Cc1cc(C2(C)CC2)c2c(c1)C1(CCO2)CC1. The van der Waals surface area contributed by atoms with Crippen LogP contribution in [-0.4, -0.2) is 6.61 Å². The molecule has 1 spiro atoms. The smallest absolute Gasteiger partial charge is 0.126 e. The molecule has 0 N–H and O–H groups in total. The van der Waals surface area contributed by atoms with Gasteiger partial charge in [0.2, 0.25) is 0 Å². The number of hydrogen-bond donors (Lipinski definition) is 0. The Kier molecular flexibility index (Phi) is 2.92. The molecule has 19 heavy (non-hydrogen) atoms. The van der Waals surface area contributed by atoms with Gasteiger partial charge in [0, 0.05) is 16.5 Å². The lowest BCUT2D eigenvalue weighted by Gasteiger charge is -2.30. The minimum atomic E-state index is 0.420. The fourth-order valence-electron chi connectivity index (χ4n) is 3.38. The molecule has 2 fully saturated rings. The summed E-state index contributed by atoms with van der Waals surface area (Å²) in [5, 5.41) is 0. The van der Waals surface area contributed by atoms with Gasteiger partial charge in [0.05, 0.1) is 6.61 Å². The first-order valence-corrected chi connectivity index (χ1v) is 7.92. The van der Waals surface area contributed by atoms with E-state index >= 15 is 0 Å². The van der Waals surface area contributed by atoms with E-state index in [4.69, 9.17) is 4.74 Å². The molecule has 2 saturated carbocycles. The minimum absolute atomic E-state index is 0.420. The van der Waals surface area contributed by atoms with Crippen LogP contribution >= 0.6 is 0 Å². The maximum absolute atomic E-state index is 6.05. The van der Waals surface area contributed by atoms with Crippen molar-refractivity contribution in [1.29, 1.82) is 0 Å². The summed E-state index contributed by atoms with van der Waals surface area (Å²) in [5.41, 5.74) is 5.39. The molecule has 1 heteroatoms. The van der Waals surface area contributed by atoms with Crippen molar-refractivity contribution in [3.05, 3.63) is 28.8 Å². The van der Waals surface area contributed by atoms with Crippen LogP contribution in [0.15, 0.2) is 12.1 Å². The Morgan fingerprint density at radius 3 is 2.16 bits per heavy atom. The molecule has 0 saturated heterocycles. The van der Waals surface area contributed by atoms with Crippen LogP contribution in [0.4, 0.5) is 0 Å². The zero-order valence-corrected chi connectivity index (χ0v) is 12.8. The average molecular weight is 258 g/mol. The molecule has 0 radical (unpaired) electrons. The Bertz CT molecular complexity index is 475. The number of rotatable bonds is 1. The topological polar surface area (TPSA) is 9.23 Å². The highest BCUT2D eigenvalue weighted by molar-refractivity contribution is 5.55. The van der Waals surface area contributed by atoms with E-state index in [0.717, 1.165) is 6.61 Å². The Morgan fingerprint density at radius 2 is 1.58 bits per heavy atom. The van der Waals surface area contributed by atoms with Gasteiger partial charge in [0.1, 0.15) is 5.75 Å². The monoisotopic (exact) mass is 258 g/mol. The summed E-state index contributed by atoms with van der Waals surface area (Å²) in [4.78, 5) is 0. The third-order valence-corrected chi connectivity index (χ3v) is 5.14. The predicted octanol–water partition coefficient (Wildman–Crippen LogP) is 4.89. The second-order valence-electron chi connectivity index (χ2n) is 6.63. The Hall–Kier alpha value is -0.980. The summed E-state index contributed by atoms with van der Waals surface area (Å²) in [6.07, 6.45) is 6.66. The van der Waals surface area contributed by atoms with Crippen molar-refractivity contribution in [3.8, 4) is 5.75 Å². The van der Waals surface area contributed by atoms with Crippen molar-refractivity contribution in [1.82, 2.24) is 0 Å². The van der Waals surface area contributed by atoms with E-state index in [2.05, 4.69) is 26.0 Å². The van der Waals surface area contributed by atoms with Gasteiger partial charge in [-0.25, -0.2) is 0 Å². The third kappa shape index (κ3) is 1.98. The molecule has 1 nitrogen and oxygen atoms in total. The van der Waals surface area contributed by atoms with Crippen molar-refractivity contribution in [2.24, 2.45) is 0 Å². The minimum Gasteiger partial charge on any atom is -0.493 e. The summed E-state index contributed by atoms with van der Waals surface area (Å²) in [7, 11) is 0. The molecular formula is C18H26O. The highest BCUT2D eigenvalue weighted by atomic mass is 16.5. The van der Waals surface area contributed by atoms with Gasteiger partial charge in [-0.3, -0.25) is 0 Å². The molecular weight excluding hydrogens is 232 g/mol. The van der Waals surface area contributed by atoms with Gasteiger partial charge < -0.3 is 4.74 Å².